The van der Waals surface area contributed by atoms with E-state index in [-0.39, 0.29) is 51.3 Å². The molecule has 77 heavy (non-hydrogen) atoms. The Morgan fingerprint density at radius 3 is 1.61 bits per heavy atom. The minimum atomic E-state index is -5.65. The molecule has 1 fully saturated rings. The lowest BCUT2D eigenvalue weighted by Gasteiger charge is -2.21. The third-order valence-corrected chi connectivity index (χ3v) is 13.0. The minimum absolute atomic E-state index is 0.0193. The van der Waals surface area contributed by atoms with E-state index in [1.54, 1.807) is 11.3 Å². The molecule has 0 saturated carbocycles. The number of rotatable bonds is 42. The molecule has 1 unspecified atom stereocenters. The van der Waals surface area contributed by atoms with Gasteiger partial charge in [-0.3, -0.25) is 23.8 Å². The van der Waals surface area contributed by atoms with E-state index in [1.165, 1.54) is 5.06 Å². The number of fused-ring (bicyclic) bond motifs is 1. The van der Waals surface area contributed by atoms with Crippen molar-refractivity contribution in [2.45, 2.75) is 57.3 Å². The maximum atomic E-state index is 14.0. The van der Waals surface area contributed by atoms with E-state index in [0.717, 1.165) is 34.7 Å². The highest BCUT2D eigenvalue weighted by atomic mass is 32.2. The van der Waals surface area contributed by atoms with Gasteiger partial charge in [0.1, 0.15) is 5.84 Å². The molecule has 0 spiro atoms. The van der Waals surface area contributed by atoms with Crippen molar-refractivity contribution in [3.63, 3.8) is 0 Å². The first kappa shape index (κ1) is 65.2. The molecule has 2 amide bonds. The summed E-state index contributed by atoms with van der Waals surface area (Å²) in [7, 11) is -5.65. The van der Waals surface area contributed by atoms with Crippen molar-refractivity contribution in [1.82, 2.24) is 9.96 Å². The third-order valence-electron chi connectivity index (χ3n) is 11.0. The maximum absolute atomic E-state index is 14.0. The number of ether oxygens (including phenoxy) is 11. The smallest absolute Gasteiger partial charge is 0.313 e. The van der Waals surface area contributed by atoms with E-state index < -0.39 is 56.4 Å². The van der Waals surface area contributed by atoms with E-state index >= 15 is 0 Å². The molecule has 1 saturated heterocycles. The van der Waals surface area contributed by atoms with Crippen LogP contribution in [0.15, 0.2) is 21.5 Å². The van der Waals surface area contributed by atoms with Crippen molar-refractivity contribution in [2.24, 2.45) is 16.6 Å². The molecule has 0 radical (unpaired) electrons. The number of hydrogen-bond donors (Lipinski definition) is 2. The van der Waals surface area contributed by atoms with Gasteiger partial charge < -0.3 is 62.7 Å². The summed E-state index contributed by atoms with van der Waals surface area (Å²) < 4.78 is 145. The van der Waals surface area contributed by atoms with Gasteiger partial charge in [-0.05, 0) is 44.2 Å². The molecule has 0 bridgehead atoms. The molecule has 1 aromatic heterocycles. The SMILES string of the molecule is CCCN(OCC)C(=O)C1=Cc2sc(CC3CCN(C(=O)CCOCCOCCOCCOCCOCCOCCOCCOCCOCCOCCC(=O)Oc4c(F)c(F)c(S(=O)(=O)O)c(F)c4F)C3)cc2N=C(N)C1. The standard InChI is InChI=1S/C49H72F4N4O18S2/c1-3-8-57(74-4-2)49(60)36-31-39-38(55-40(54)32-36)33-37(76-39)30-35-5-9-56(34-35)41(58)6-10-64-12-14-66-16-18-68-20-22-70-24-26-72-28-29-73-27-25-71-23-21-69-19-17-67-15-13-65-11-7-42(59)75-47-43(50)45(52)48(77(61,62)63)46(53)44(47)51/h31,33,35H,3-30,32,34H2,1-2H3,(H2,54,55)(H,61,62,63). The van der Waals surface area contributed by atoms with Crippen molar-refractivity contribution in [1.29, 1.82) is 0 Å². The minimum Gasteiger partial charge on any atom is -0.420 e. The van der Waals surface area contributed by atoms with E-state index in [4.69, 9.17) is 62.5 Å². The third kappa shape index (κ3) is 24.3. The van der Waals surface area contributed by atoms with Crippen LogP contribution in [0.25, 0.3) is 6.08 Å². The topological polar surface area (TPSA) is 261 Å². The molecule has 2 aromatic rings. The molecule has 2 aliphatic heterocycles. The summed E-state index contributed by atoms with van der Waals surface area (Å²) in [6.07, 6.45) is 4.38. The lowest BCUT2D eigenvalue weighted by molar-refractivity contribution is -0.180. The van der Waals surface area contributed by atoms with Gasteiger partial charge in [0.25, 0.3) is 5.91 Å². The second kappa shape index (κ2) is 36.8. The average Bonchev–Trinajstić information content (AvgIpc) is 3.99. The van der Waals surface area contributed by atoms with Crippen LogP contribution in [0.2, 0.25) is 0 Å². The monoisotopic (exact) mass is 1140 g/mol. The Morgan fingerprint density at radius 2 is 1.17 bits per heavy atom. The van der Waals surface area contributed by atoms with Gasteiger partial charge in [0.2, 0.25) is 23.3 Å². The number of esters is 1. The van der Waals surface area contributed by atoms with Crippen LogP contribution in [0.4, 0.5) is 23.2 Å². The Bertz CT molecular complexity index is 2260. The zero-order chi connectivity index (χ0) is 55.8. The molecular formula is C49H72F4N4O18S2. The summed E-state index contributed by atoms with van der Waals surface area (Å²) in [5.41, 5.74) is 7.54. The van der Waals surface area contributed by atoms with Gasteiger partial charge in [-0.25, -0.2) is 18.8 Å². The Labute approximate surface area is 450 Å². The molecule has 4 rings (SSSR count). The van der Waals surface area contributed by atoms with Gasteiger partial charge >= 0.3 is 16.1 Å². The van der Waals surface area contributed by atoms with Gasteiger partial charge in [-0.2, -0.15) is 17.2 Å². The van der Waals surface area contributed by atoms with Crippen molar-refractivity contribution in [2.75, 3.05) is 158 Å². The van der Waals surface area contributed by atoms with E-state index in [2.05, 4.69) is 9.73 Å². The summed E-state index contributed by atoms with van der Waals surface area (Å²) in [4.78, 5) is 49.8. The average molecular weight is 1150 g/mol. The van der Waals surface area contributed by atoms with Gasteiger partial charge in [-0.1, -0.05) is 6.92 Å². The zero-order valence-corrected chi connectivity index (χ0v) is 45.2. The molecule has 1 atom stereocenters. The van der Waals surface area contributed by atoms with Crippen molar-refractivity contribution in [3.8, 4) is 5.75 Å². The molecule has 3 N–H and O–H groups in total. The number of benzene rings is 1. The van der Waals surface area contributed by atoms with Crippen LogP contribution in [0.1, 0.15) is 55.7 Å². The molecule has 28 heteroatoms. The van der Waals surface area contributed by atoms with Gasteiger partial charge in [0, 0.05) is 36.5 Å². The molecule has 22 nitrogen and oxygen atoms in total. The fraction of sp³-hybridized carbons (Fsp3) is 0.673. The number of amidine groups is 1. The number of hydrogen-bond acceptors (Lipinski definition) is 20. The van der Waals surface area contributed by atoms with Gasteiger partial charge in [-0.15, -0.1) is 11.3 Å². The number of hydroxylamine groups is 2. The van der Waals surface area contributed by atoms with Crippen molar-refractivity contribution in [3.05, 3.63) is 44.7 Å². The van der Waals surface area contributed by atoms with Crippen LogP contribution in [-0.4, -0.2) is 205 Å². The number of thiophene rings is 1. The number of likely N-dealkylation sites (tertiary alicyclic amines) is 1. The lowest BCUT2D eigenvalue weighted by Crippen LogP contribution is -2.34. The van der Waals surface area contributed by atoms with E-state index in [1.807, 2.05) is 30.9 Å². The first-order valence-corrected chi connectivity index (χ1v) is 27.6. The number of aliphatic imine (C=N–C) groups is 1. The van der Waals surface area contributed by atoms with Gasteiger partial charge in [0.05, 0.1) is 162 Å². The first-order valence-electron chi connectivity index (χ1n) is 25.3. The molecule has 436 valence electrons. The molecule has 2 aliphatic rings. The highest BCUT2D eigenvalue weighted by Gasteiger charge is 2.34. The molecule has 0 aliphatic carbocycles. The Kier molecular flexibility index (Phi) is 31.2. The molecule has 3 heterocycles. The van der Waals surface area contributed by atoms with Crippen LogP contribution >= 0.6 is 11.3 Å². The lowest BCUT2D eigenvalue weighted by atomic mass is 10.0. The molecule has 1 aromatic carbocycles. The number of halogens is 4. The normalized spacial score (nSPS) is 14.6. The largest absolute Gasteiger partial charge is 0.420 e. The predicted octanol–water partition coefficient (Wildman–Crippen LogP) is 4.46. The fourth-order valence-electron chi connectivity index (χ4n) is 7.35. The number of carbonyl (C=O) groups is 3. The highest BCUT2D eigenvalue weighted by Crippen LogP contribution is 2.37. The molecular weight excluding hydrogens is 1070 g/mol. The first-order chi connectivity index (χ1) is 37.1. The van der Waals surface area contributed by atoms with E-state index in [0.29, 0.717) is 149 Å². The highest BCUT2D eigenvalue weighted by molar-refractivity contribution is 7.85. The van der Waals surface area contributed by atoms with Crippen molar-refractivity contribution < 1.29 is 102 Å². The second-order valence-electron chi connectivity index (χ2n) is 16.9. The zero-order valence-electron chi connectivity index (χ0n) is 43.6. The van der Waals surface area contributed by atoms with Crippen LogP contribution < -0.4 is 10.5 Å². The Hall–Kier alpha value is -4.27. The van der Waals surface area contributed by atoms with Crippen molar-refractivity contribution >= 4 is 56.8 Å². The number of carbonyl (C=O) groups excluding carboxylic acids is 3. The van der Waals surface area contributed by atoms with Crippen LogP contribution in [0.5, 0.6) is 5.75 Å². The quantitative estimate of drug-likeness (QED) is 0.0177. The number of nitrogens with zero attached hydrogens (tertiary/aromatic N) is 3. The second-order valence-corrected chi connectivity index (χ2v) is 19.4. The Balaban J connectivity index is 0.847. The number of amides is 2. The van der Waals surface area contributed by atoms with Crippen LogP contribution in [0, 0.1) is 29.2 Å². The predicted molar refractivity (Wildman–Crippen MR) is 269 cm³/mol. The summed E-state index contributed by atoms with van der Waals surface area (Å²) in [6.45, 7) is 12.2. The maximum Gasteiger partial charge on any atom is 0.313 e. The van der Waals surface area contributed by atoms with Crippen LogP contribution in [-0.2, 0) is 83.1 Å². The summed E-state index contributed by atoms with van der Waals surface area (Å²) in [5, 5.41) is 1.40. The summed E-state index contributed by atoms with van der Waals surface area (Å²) >= 11 is 1.61. The van der Waals surface area contributed by atoms with Crippen LogP contribution in [0.3, 0.4) is 0 Å². The fourth-order valence-corrected chi connectivity index (χ4v) is 9.17. The Morgan fingerprint density at radius 1 is 0.714 bits per heavy atom. The van der Waals surface area contributed by atoms with Gasteiger partial charge in [0.15, 0.2) is 16.5 Å². The summed E-state index contributed by atoms with van der Waals surface area (Å²) in [6, 6.07) is 2.04. The van der Waals surface area contributed by atoms with E-state index in [9.17, 15) is 40.4 Å². The number of nitrogens with two attached hydrogens (primary N) is 1. The summed E-state index contributed by atoms with van der Waals surface area (Å²) in [5.74, 6) is -12.1.